The summed E-state index contributed by atoms with van der Waals surface area (Å²) in [5, 5.41) is 0. The Kier molecular flexibility index (Phi) is 4.73. The Balaban J connectivity index is 2.39. The van der Waals surface area contributed by atoms with E-state index < -0.39 is 5.41 Å². The summed E-state index contributed by atoms with van der Waals surface area (Å²) >= 11 is 0. The first-order chi connectivity index (χ1) is 10.1. The molecule has 0 amide bonds. The second-order valence-electron chi connectivity index (χ2n) is 5.23. The molecule has 0 aliphatic rings. The molecule has 0 saturated heterocycles. The average Bonchev–Trinajstić information content (AvgIpc) is 2.50. The number of hydrogen-bond donors (Lipinski definition) is 0. The van der Waals surface area contributed by atoms with Crippen LogP contribution in [0.5, 0.6) is 5.75 Å². The van der Waals surface area contributed by atoms with E-state index in [1.807, 2.05) is 31.2 Å². The predicted molar refractivity (Wildman–Crippen MR) is 81.1 cm³/mol. The minimum Gasteiger partial charge on any atom is -0.494 e. The van der Waals surface area contributed by atoms with Gasteiger partial charge in [-0.05, 0) is 38.0 Å². The van der Waals surface area contributed by atoms with Crippen LogP contribution in [0.3, 0.4) is 0 Å². The van der Waals surface area contributed by atoms with E-state index in [-0.39, 0.29) is 5.82 Å². The molecule has 2 nitrogen and oxygen atoms in total. The summed E-state index contributed by atoms with van der Waals surface area (Å²) in [5.41, 5.74) is 0.391. The Bertz CT molecular complexity index is 624. The molecular formula is C18H19FO2. The first-order valence-electron chi connectivity index (χ1n) is 7.03. The number of aldehydes is 1. The summed E-state index contributed by atoms with van der Waals surface area (Å²) in [4.78, 5) is 11.6. The monoisotopic (exact) mass is 286 g/mol. The van der Waals surface area contributed by atoms with Crippen LogP contribution in [0.1, 0.15) is 25.0 Å². The van der Waals surface area contributed by atoms with Gasteiger partial charge in [0.05, 0.1) is 12.0 Å². The van der Waals surface area contributed by atoms with Crippen molar-refractivity contribution in [1.29, 1.82) is 0 Å². The number of hydrogen-bond acceptors (Lipinski definition) is 2. The minimum atomic E-state index is -0.918. The zero-order valence-electron chi connectivity index (χ0n) is 12.3. The molecule has 1 unspecified atom stereocenters. The molecule has 21 heavy (non-hydrogen) atoms. The Labute approximate surface area is 124 Å². The highest BCUT2D eigenvalue weighted by Crippen LogP contribution is 2.31. The Hall–Kier alpha value is -2.16. The summed E-state index contributed by atoms with van der Waals surface area (Å²) in [6.45, 7) is 4.21. The van der Waals surface area contributed by atoms with E-state index in [0.717, 1.165) is 17.6 Å². The van der Waals surface area contributed by atoms with Crippen molar-refractivity contribution in [1.82, 2.24) is 0 Å². The molecular weight excluding hydrogens is 267 g/mol. The van der Waals surface area contributed by atoms with Gasteiger partial charge in [0.15, 0.2) is 0 Å². The van der Waals surface area contributed by atoms with Crippen LogP contribution in [-0.4, -0.2) is 12.9 Å². The zero-order chi connectivity index (χ0) is 15.3. The number of para-hydroxylation sites is 1. The van der Waals surface area contributed by atoms with Gasteiger partial charge in [-0.1, -0.05) is 36.4 Å². The number of carbonyl (C=O) groups excluding carboxylic acids is 1. The second kappa shape index (κ2) is 6.53. The van der Waals surface area contributed by atoms with Crippen molar-refractivity contribution in [3.63, 3.8) is 0 Å². The third-order valence-electron chi connectivity index (χ3n) is 3.58. The van der Waals surface area contributed by atoms with E-state index in [4.69, 9.17) is 4.74 Å². The first-order valence-corrected chi connectivity index (χ1v) is 7.03. The van der Waals surface area contributed by atoms with Crippen LogP contribution in [0, 0.1) is 5.82 Å². The smallest absolute Gasteiger partial charge is 0.130 e. The van der Waals surface area contributed by atoms with Crippen molar-refractivity contribution >= 4 is 6.29 Å². The van der Waals surface area contributed by atoms with Crippen LogP contribution < -0.4 is 4.74 Å². The fourth-order valence-corrected chi connectivity index (χ4v) is 2.47. The van der Waals surface area contributed by atoms with E-state index in [9.17, 15) is 9.18 Å². The standard InChI is InChI=1S/C18H19FO2/c1-3-21-17-11-7-4-8-14(17)12-18(2,13-20)15-9-5-6-10-16(15)19/h4-11,13H,3,12H2,1-2H3. The van der Waals surface area contributed by atoms with Gasteiger partial charge in [0.25, 0.3) is 0 Å². The van der Waals surface area contributed by atoms with Crippen molar-refractivity contribution in [2.75, 3.05) is 6.61 Å². The fourth-order valence-electron chi connectivity index (χ4n) is 2.47. The lowest BCUT2D eigenvalue weighted by molar-refractivity contribution is -0.112. The number of benzene rings is 2. The maximum Gasteiger partial charge on any atom is 0.130 e. The minimum absolute atomic E-state index is 0.360. The van der Waals surface area contributed by atoms with Gasteiger partial charge in [0.1, 0.15) is 17.9 Å². The van der Waals surface area contributed by atoms with Gasteiger partial charge in [-0.3, -0.25) is 0 Å². The lowest BCUT2D eigenvalue weighted by atomic mass is 9.78. The van der Waals surface area contributed by atoms with E-state index in [2.05, 4.69) is 0 Å². The molecule has 3 heteroatoms. The molecule has 110 valence electrons. The third-order valence-corrected chi connectivity index (χ3v) is 3.58. The maximum absolute atomic E-state index is 14.0. The van der Waals surface area contributed by atoms with Gasteiger partial charge in [0.2, 0.25) is 0 Å². The highest BCUT2D eigenvalue weighted by molar-refractivity contribution is 5.69. The van der Waals surface area contributed by atoms with E-state index in [1.54, 1.807) is 25.1 Å². The fraction of sp³-hybridized carbons (Fsp3) is 0.278. The molecule has 0 heterocycles. The third kappa shape index (κ3) is 3.30. The topological polar surface area (TPSA) is 26.3 Å². The zero-order valence-corrected chi connectivity index (χ0v) is 12.3. The molecule has 2 aromatic rings. The Morgan fingerprint density at radius 2 is 1.81 bits per heavy atom. The molecule has 0 aliphatic carbocycles. The SMILES string of the molecule is CCOc1ccccc1CC(C)(C=O)c1ccccc1F. The lowest BCUT2D eigenvalue weighted by Crippen LogP contribution is -2.28. The van der Waals surface area contributed by atoms with Crippen LogP contribution in [0.25, 0.3) is 0 Å². The van der Waals surface area contributed by atoms with Gasteiger partial charge in [-0.25, -0.2) is 4.39 Å². The van der Waals surface area contributed by atoms with E-state index in [1.165, 1.54) is 6.07 Å². The lowest BCUT2D eigenvalue weighted by Gasteiger charge is -2.25. The molecule has 0 radical (unpaired) electrons. The first kappa shape index (κ1) is 15.2. The molecule has 1 atom stereocenters. The number of rotatable bonds is 6. The maximum atomic E-state index is 14.0. The Morgan fingerprint density at radius 3 is 2.48 bits per heavy atom. The van der Waals surface area contributed by atoms with Crippen LogP contribution in [-0.2, 0) is 16.6 Å². The largest absolute Gasteiger partial charge is 0.494 e. The number of ether oxygens (including phenoxy) is 1. The van der Waals surface area contributed by atoms with Gasteiger partial charge >= 0.3 is 0 Å². The van der Waals surface area contributed by atoms with Crippen molar-refractivity contribution in [2.24, 2.45) is 0 Å². The molecule has 0 saturated carbocycles. The van der Waals surface area contributed by atoms with Gasteiger partial charge in [0, 0.05) is 5.56 Å². The predicted octanol–water partition coefficient (Wildman–Crippen LogP) is 3.92. The summed E-state index contributed by atoms with van der Waals surface area (Å²) in [6, 6.07) is 14.0. The summed E-state index contributed by atoms with van der Waals surface area (Å²) in [7, 11) is 0. The highest BCUT2D eigenvalue weighted by atomic mass is 19.1. The molecule has 2 rings (SSSR count). The molecule has 0 aromatic heterocycles. The van der Waals surface area contributed by atoms with Crippen LogP contribution in [0.15, 0.2) is 48.5 Å². The Morgan fingerprint density at radius 1 is 1.14 bits per heavy atom. The molecule has 0 N–H and O–H groups in total. The molecule has 0 spiro atoms. The highest BCUT2D eigenvalue weighted by Gasteiger charge is 2.30. The van der Waals surface area contributed by atoms with E-state index in [0.29, 0.717) is 18.6 Å². The quantitative estimate of drug-likeness (QED) is 0.752. The van der Waals surface area contributed by atoms with Crippen molar-refractivity contribution < 1.29 is 13.9 Å². The second-order valence-corrected chi connectivity index (χ2v) is 5.23. The molecule has 0 fully saturated rings. The van der Waals surface area contributed by atoms with Crippen LogP contribution in [0.2, 0.25) is 0 Å². The molecule has 0 bridgehead atoms. The number of halogens is 1. The molecule has 2 aromatic carbocycles. The van der Waals surface area contributed by atoms with Gasteiger partial charge in [-0.2, -0.15) is 0 Å². The van der Waals surface area contributed by atoms with Crippen LogP contribution in [0.4, 0.5) is 4.39 Å². The van der Waals surface area contributed by atoms with Gasteiger partial charge < -0.3 is 9.53 Å². The number of carbonyl (C=O) groups is 1. The van der Waals surface area contributed by atoms with Crippen LogP contribution >= 0.6 is 0 Å². The van der Waals surface area contributed by atoms with Crippen molar-refractivity contribution in [3.05, 3.63) is 65.5 Å². The van der Waals surface area contributed by atoms with E-state index >= 15 is 0 Å². The summed E-state index contributed by atoms with van der Waals surface area (Å²) in [6.07, 6.45) is 1.21. The average molecular weight is 286 g/mol. The normalized spacial score (nSPS) is 13.5. The van der Waals surface area contributed by atoms with Crippen molar-refractivity contribution in [3.8, 4) is 5.75 Å². The van der Waals surface area contributed by atoms with Crippen molar-refractivity contribution in [2.45, 2.75) is 25.7 Å². The molecule has 0 aliphatic heterocycles. The van der Waals surface area contributed by atoms with Gasteiger partial charge in [-0.15, -0.1) is 0 Å². The summed E-state index contributed by atoms with van der Waals surface area (Å²) in [5.74, 6) is 0.380. The summed E-state index contributed by atoms with van der Waals surface area (Å²) < 4.78 is 19.6.